The van der Waals surface area contributed by atoms with Crippen LogP contribution in [0.3, 0.4) is 0 Å². The third kappa shape index (κ3) is 5.14. The number of nitriles is 1. The van der Waals surface area contributed by atoms with Crippen LogP contribution in [0.2, 0.25) is 0 Å². The number of rotatable bonds is 6. The van der Waals surface area contributed by atoms with E-state index in [0.29, 0.717) is 34.5 Å². The molecule has 7 nitrogen and oxygen atoms in total. The van der Waals surface area contributed by atoms with Gasteiger partial charge in [0.25, 0.3) is 0 Å². The number of benzene rings is 3. The van der Waals surface area contributed by atoms with Gasteiger partial charge in [-0.05, 0) is 34.9 Å². The first kappa shape index (κ1) is 25.5. The Morgan fingerprint density at radius 2 is 1.74 bits per heavy atom. The first-order valence-corrected chi connectivity index (χ1v) is 13.5. The lowest BCUT2D eigenvalue weighted by Crippen LogP contribution is -2.25. The maximum absolute atomic E-state index is 13.8. The van der Waals surface area contributed by atoms with Gasteiger partial charge in [0.2, 0.25) is 0 Å². The molecule has 38 heavy (non-hydrogen) atoms. The van der Waals surface area contributed by atoms with Crippen LogP contribution in [0.15, 0.2) is 77.7 Å². The quantitative estimate of drug-likeness (QED) is 0.362. The molecular formula is C27H22F3N5O2S. The standard InChI is InChI=1S/C27H22F3N5O2S/c1-38(36,37)24-8-3-2-7-22(24)21-11-9-18(10-12-21)16-35-23-17-34(15-20-6-4-5-19(13-20)14-31)32-25(23)26(33-35)27(28,29)30/h2-13,32H,15-17H2,1H3. The van der Waals surface area contributed by atoms with E-state index in [0.717, 1.165) is 11.8 Å². The van der Waals surface area contributed by atoms with Crippen LogP contribution in [0, 0.1) is 11.3 Å². The number of hydrogen-bond donors (Lipinski definition) is 1. The number of halogens is 3. The van der Waals surface area contributed by atoms with E-state index >= 15 is 0 Å². The van der Waals surface area contributed by atoms with Crippen molar-refractivity contribution in [2.75, 3.05) is 11.7 Å². The third-order valence-electron chi connectivity index (χ3n) is 6.25. The molecule has 0 saturated heterocycles. The van der Waals surface area contributed by atoms with Crippen molar-refractivity contribution in [3.8, 4) is 17.2 Å². The number of nitrogens with zero attached hydrogens (tertiary/aromatic N) is 4. The highest BCUT2D eigenvalue weighted by Gasteiger charge is 2.42. The molecule has 1 aliphatic heterocycles. The number of aromatic nitrogens is 2. The van der Waals surface area contributed by atoms with Crippen LogP contribution >= 0.6 is 0 Å². The maximum Gasteiger partial charge on any atom is 0.437 e. The summed E-state index contributed by atoms with van der Waals surface area (Å²) >= 11 is 0. The maximum atomic E-state index is 13.8. The molecule has 0 radical (unpaired) electrons. The monoisotopic (exact) mass is 537 g/mol. The highest BCUT2D eigenvalue weighted by molar-refractivity contribution is 7.90. The minimum Gasteiger partial charge on any atom is -0.314 e. The number of hydrazine groups is 1. The molecule has 1 aromatic heterocycles. The Bertz CT molecular complexity index is 1660. The van der Waals surface area contributed by atoms with Gasteiger partial charge in [-0.2, -0.15) is 23.5 Å². The van der Waals surface area contributed by atoms with Gasteiger partial charge in [-0.3, -0.25) is 4.68 Å². The van der Waals surface area contributed by atoms with Gasteiger partial charge in [0, 0.05) is 18.4 Å². The van der Waals surface area contributed by atoms with Crippen molar-refractivity contribution < 1.29 is 21.6 Å². The second-order valence-electron chi connectivity index (χ2n) is 9.07. The zero-order valence-corrected chi connectivity index (χ0v) is 21.0. The predicted molar refractivity (Wildman–Crippen MR) is 135 cm³/mol. The van der Waals surface area contributed by atoms with Crippen molar-refractivity contribution in [2.45, 2.75) is 30.7 Å². The minimum atomic E-state index is -4.64. The highest BCUT2D eigenvalue weighted by atomic mass is 32.2. The third-order valence-corrected chi connectivity index (χ3v) is 7.40. The Balaban J connectivity index is 1.41. The summed E-state index contributed by atoms with van der Waals surface area (Å²) < 4.78 is 67.1. The summed E-state index contributed by atoms with van der Waals surface area (Å²) in [5.74, 6) is 0. The van der Waals surface area contributed by atoms with Gasteiger partial charge in [-0.1, -0.05) is 54.6 Å². The van der Waals surface area contributed by atoms with Gasteiger partial charge in [-0.25, -0.2) is 13.4 Å². The van der Waals surface area contributed by atoms with Crippen molar-refractivity contribution in [3.05, 3.63) is 101 Å². The largest absolute Gasteiger partial charge is 0.437 e. The topological polar surface area (TPSA) is 91.0 Å². The van der Waals surface area contributed by atoms with Gasteiger partial charge in [0.15, 0.2) is 15.5 Å². The minimum absolute atomic E-state index is 0.0763. The number of alkyl halides is 3. The number of hydrogen-bond acceptors (Lipinski definition) is 6. The van der Waals surface area contributed by atoms with Crippen LogP contribution in [-0.4, -0.2) is 29.5 Å². The molecule has 11 heteroatoms. The Morgan fingerprint density at radius 3 is 2.42 bits per heavy atom. The molecule has 0 bridgehead atoms. The molecule has 4 aromatic rings. The van der Waals surface area contributed by atoms with E-state index in [4.69, 9.17) is 5.26 Å². The lowest BCUT2D eigenvalue weighted by Gasteiger charge is -2.18. The normalized spacial score (nSPS) is 13.7. The summed E-state index contributed by atoms with van der Waals surface area (Å²) in [6.07, 6.45) is -3.49. The molecule has 1 aliphatic rings. The number of fused-ring (bicyclic) bond motifs is 1. The van der Waals surface area contributed by atoms with Crippen molar-refractivity contribution >= 4 is 15.5 Å². The summed E-state index contributed by atoms with van der Waals surface area (Å²) in [5, 5.41) is 14.6. The zero-order chi connectivity index (χ0) is 27.1. The van der Waals surface area contributed by atoms with E-state index in [-0.39, 0.29) is 23.7 Å². The molecule has 3 aromatic carbocycles. The van der Waals surface area contributed by atoms with Gasteiger partial charge in [-0.15, -0.1) is 0 Å². The summed E-state index contributed by atoms with van der Waals surface area (Å²) in [4.78, 5) is 0.207. The lowest BCUT2D eigenvalue weighted by molar-refractivity contribution is -0.141. The van der Waals surface area contributed by atoms with E-state index in [1.54, 1.807) is 71.7 Å². The van der Waals surface area contributed by atoms with Crippen LogP contribution in [0.5, 0.6) is 0 Å². The molecule has 0 fully saturated rings. The van der Waals surface area contributed by atoms with Crippen LogP contribution < -0.4 is 5.43 Å². The highest BCUT2D eigenvalue weighted by Crippen LogP contribution is 2.40. The Morgan fingerprint density at radius 1 is 1.00 bits per heavy atom. The number of sulfone groups is 1. The van der Waals surface area contributed by atoms with E-state index in [1.807, 2.05) is 6.07 Å². The SMILES string of the molecule is CS(=O)(=O)c1ccccc1-c1ccc(Cn2nc(C(F)(F)F)c3c2CN(Cc2cccc(C#N)c2)N3)cc1. The van der Waals surface area contributed by atoms with Gasteiger partial charge in [0.1, 0.15) is 5.69 Å². The average molecular weight is 538 g/mol. The van der Waals surface area contributed by atoms with Crippen molar-refractivity contribution in [2.24, 2.45) is 0 Å². The Hall–Kier alpha value is -4.14. The van der Waals surface area contributed by atoms with Crippen molar-refractivity contribution in [1.29, 1.82) is 5.26 Å². The molecule has 1 N–H and O–H groups in total. The number of anilines is 1. The fraction of sp³-hybridized carbons (Fsp3) is 0.185. The van der Waals surface area contributed by atoms with Gasteiger partial charge >= 0.3 is 6.18 Å². The first-order valence-electron chi connectivity index (χ1n) is 11.6. The molecule has 194 valence electrons. The summed E-state index contributed by atoms with van der Waals surface area (Å²) in [5.41, 5.74) is 5.40. The second-order valence-corrected chi connectivity index (χ2v) is 11.1. The predicted octanol–water partition coefficient (Wildman–Crippen LogP) is 5.24. The molecule has 2 heterocycles. The molecule has 5 rings (SSSR count). The van der Waals surface area contributed by atoms with E-state index in [9.17, 15) is 21.6 Å². The molecule has 0 saturated carbocycles. The summed E-state index contributed by atoms with van der Waals surface area (Å²) in [6.45, 7) is 0.594. The fourth-order valence-corrected chi connectivity index (χ4v) is 5.44. The van der Waals surface area contributed by atoms with E-state index in [2.05, 4.69) is 16.6 Å². The molecule has 0 unspecified atom stereocenters. The van der Waals surface area contributed by atoms with Crippen LogP contribution in [0.1, 0.15) is 28.1 Å². The van der Waals surface area contributed by atoms with Crippen LogP contribution in [-0.2, 0) is 35.6 Å². The number of nitrogens with one attached hydrogen (secondary N) is 1. The van der Waals surface area contributed by atoms with Crippen molar-refractivity contribution in [1.82, 2.24) is 14.8 Å². The Kier molecular flexibility index (Phi) is 6.46. The second kappa shape index (κ2) is 9.63. The Labute approximate surface area is 217 Å². The molecule has 0 spiro atoms. The average Bonchev–Trinajstić information content (AvgIpc) is 3.43. The summed E-state index contributed by atoms with van der Waals surface area (Å²) in [6, 6.07) is 22.6. The first-order chi connectivity index (χ1) is 18.0. The smallest absolute Gasteiger partial charge is 0.314 e. The zero-order valence-electron chi connectivity index (χ0n) is 20.2. The molecular weight excluding hydrogens is 515 g/mol. The molecule has 0 atom stereocenters. The fourth-order valence-electron chi connectivity index (χ4n) is 4.53. The van der Waals surface area contributed by atoms with Crippen molar-refractivity contribution in [3.63, 3.8) is 0 Å². The van der Waals surface area contributed by atoms with Crippen LogP contribution in [0.4, 0.5) is 18.9 Å². The van der Waals surface area contributed by atoms with E-state index < -0.39 is 21.7 Å². The summed E-state index contributed by atoms with van der Waals surface area (Å²) in [7, 11) is -3.44. The van der Waals surface area contributed by atoms with Gasteiger partial charge < -0.3 is 5.43 Å². The molecule has 0 aliphatic carbocycles. The van der Waals surface area contributed by atoms with Gasteiger partial charge in [0.05, 0.1) is 35.3 Å². The lowest BCUT2D eigenvalue weighted by atomic mass is 10.0. The van der Waals surface area contributed by atoms with E-state index in [1.165, 1.54) is 4.68 Å². The molecule has 0 amide bonds. The van der Waals surface area contributed by atoms with Crippen LogP contribution in [0.25, 0.3) is 11.1 Å².